The van der Waals surface area contributed by atoms with Crippen molar-refractivity contribution < 1.29 is 9.90 Å². The molecule has 0 bridgehead atoms. The molecule has 1 aliphatic rings. The van der Waals surface area contributed by atoms with Crippen LogP contribution in [0.4, 0.5) is 0 Å². The van der Waals surface area contributed by atoms with Crippen LogP contribution in [0.1, 0.15) is 18.2 Å². The molecule has 1 atom stereocenters. The van der Waals surface area contributed by atoms with Gasteiger partial charge < -0.3 is 9.67 Å². The Kier molecular flexibility index (Phi) is 3.75. The number of carboxylic acids is 1. The Morgan fingerprint density at radius 1 is 1.69 bits per heavy atom. The minimum absolute atomic E-state index is 0.0331. The number of nitrogens with zero attached hydrogens (tertiary/aromatic N) is 3. The van der Waals surface area contributed by atoms with Gasteiger partial charge in [0, 0.05) is 18.7 Å². The fourth-order valence-electron chi connectivity index (χ4n) is 1.67. The van der Waals surface area contributed by atoms with Gasteiger partial charge in [-0.3, -0.25) is 4.79 Å². The predicted octanol–water partition coefficient (Wildman–Crippen LogP) is 1.21. The number of aliphatic carboxylic acids is 1. The van der Waals surface area contributed by atoms with Crippen LogP contribution in [0.15, 0.2) is 5.16 Å². The summed E-state index contributed by atoms with van der Waals surface area (Å²) in [5, 5.41) is 17.5. The summed E-state index contributed by atoms with van der Waals surface area (Å²) in [5.41, 5.74) is 0. The zero-order chi connectivity index (χ0) is 11.5. The van der Waals surface area contributed by atoms with Crippen LogP contribution in [0, 0.1) is 0 Å². The fourth-order valence-corrected chi connectivity index (χ4v) is 3.53. The molecule has 0 spiro atoms. The maximum Gasteiger partial charge on any atom is 0.313 e. The van der Waals surface area contributed by atoms with Gasteiger partial charge in [-0.15, -0.1) is 10.2 Å². The third kappa shape index (κ3) is 2.52. The summed E-state index contributed by atoms with van der Waals surface area (Å²) < 4.78 is 1.92. The average Bonchev–Trinajstić information content (AvgIpc) is 2.84. The molecule has 1 N–H and O–H groups in total. The number of carboxylic acid groups (broad SMARTS) is 1. The smallest absolute Gasteiger partial charge is 0.313 e. The molecular weight excluding hydrogens is 246 g/mol. The van der Waals surface area contributed by atoms with Crippen molar-refractivity contribution in [2.75, 3.05) is 17.3 Å². The Morgan fingerprint density at radius 2 is 2.50 bits per heavy atom. The molecule has 1 unspecified atom stereocenters. The second-order valence-corrected chi connectivity index (χ2v) is 5.74. The lowest BCUT2D eigenvalue weighted by atomic mass is 10.1. The Balaban J connectivity index is 2.07. The van der Waals surface area contributed by atoms with E-state index in [9.17, 15) is 4.79 Å². The van der Waals surface area contributed by atoms with Gasteiger partial charge in [-0.2, -0.15) is 11.8 Å². The molecule has 0 saturated carbocycles. The highest BCUT2D eigenvalue weighted by Crippen LogP contribution is 2.32. The number of thioether (sulfide) groups is 2. The van der Waals surface area contributed by atoms with Crippen LogP contribution < -0.4 is 0 Å². The average molecular weight is 259 g/mol. The van der Waals surface area contributed by atoms with Crippen molar-refractivity contribution in [2.24, 2.45) is 7.05 Å². The van der Waals surface area contributed by atoms with Crippen molar-refractivity contribution in [3.05, 3.63) is 5.82 Å². The summed E-state index contributed by atoms with van der Waals surface area (Å²) in [6.07, 6.45) is 1.14. The molecule has 1 fully saturated rings. The van der Waals surface area contributed by atoms with Gasteiger partial charge in [-0.1, -0.05) is 11.8 Å². The molecule has 1 saturated heterocycles. The minimum atomic E-state index is -0.828. The van der Waals surface area contributed by atoms with E-state index in [-0.39, 0.29) is 5.75 Å². The molecule has 7 heteroatoms. The van der Waals surface area contributed by atoms with Gasteiger partial charge in [0.15, 0.2) is 5.16 Å². The number of carbonyl (C=O) groups is 1. The van der Waals surface area contributed by atoms with E-state index in [1.54, 1.807) is 0 Å². The van der Waals surface area contributed by atoms with Crippen molar-refractivity contribution in [1.29, 1.82) is 0 Å². The molecule has 16 heavy (non-hydrogen) atoms. The lowest BCUT2D eigenvalue weighted by Gasteiger charge is -2.07. The molecule has 2 rings (SSSR count). The summed E-state index contributed by atoms with van der Waals surface area (Å²) in [4.78, 5) is 10.5. The van der Waals surface area contributed by atoms with Crippen LogP contribution in [-0.4, -0.2) is 43.1 Å². The fraction of sp³-hybridized carbons (Fsp3) is 0.667. The van der Waals surface area contributed by atoms with Crippen LogP contribution in [0.3, 0.4) is 0 Å². The highest BCUT2D eigenvalue weighted by Gasteiger charge is 2.23. The Labute approximate surface area is 102 Å². The van der Waals surface area contributed by atoms with Crippen LogP contribution in [0.5, 0.6) is 0 Å². The monoisotopic (exact) mass is 259 g/mol. The van der Waals surface area contributed by atoms with Crippen LogP contribution in [0.25, 0.3) is 0 Å². The van der Waals surface area contributed by atoms with Crippen molar-refractivity contribution in [2.45, 2.75) is 17.5 Å². The second kappa shape index (κ2) is 5.09. The van der Waals surface area contributed by atoms with E-state index in [2.05, 4.69) is 10.2 Å². The number of aromatic nitrogens is 3. The maximum atomic E-state index is 10.5. The summed E-state index contributed by atoms with van der Waals surface area (Å²) in [6, 6.07) is 0. The molecule has 1 aliphatic heterocycles. The standard InChI is InChI=1S/C9H13N3O2S2/c1-12-8(6-2-3-15-4-6)10-11-9(12)16-5-7(13)14/h6H,2-5H2,1H3,(H,13,14). The molecule has 88 valence electrons. The minimum Gasteiger partial charge on any atom is -0.481 e. The molecular formula is C9H13N3O2S2. The van der Waals surface area contributed by atoms with Gasteiger partial charge >= 0.3 is 5.97 Å². The van der Waals surface area contributed by atoms with Crippen molar-refractivity contribution in [3.63, 3.8) is 0 Å². The number of rotatable bonds is 4. The van der Waals surface area contributed by atoms with Crippen LogP contribution >= 0.6 is 23.5 Å². The second-order valence-electron chi connectivity index (χ2n) is 3.64. The first-order chi connectivity index (χ1) is 7.68. The number of hydrogen-bond donors (Lipinski definition) is 1. The van der Waals surface area contributed by atoms with Gasteiger partial charge in [-0.25, -0.2) is 0 Å². The Bertz CT molecular complexity index is 388. The summed E-state index contributed by atoms with van der Waals surface area (Å²) in [6.45, 7) is 0. The Morgan fingerprint density at radius 3 is 3.12 bits per heavy atom. The maximum absolute atomic E-state index is 10.5. The first kappa shape index (κ1) is 11.8. The summed E-state index contributed by atoms with van der Waals surface area (Å²) >= 11 is 3.15. The molecule has 0 amide bonds. The van der Waals surface area contributed by atoms with E-state index in [4.69, 9.17) is 5.11 Å². The van der Waals surface area contributed by atoms with E-state index in [0.717, 1.165) is 18.0 Å². The van der Waals surface area contributed by atoms with E-state index < -0.39 is 5.97 Å². The van der Waals surface area contributed by atoms with Gasteiger partial charge in [0.1, 0.15) is 5.82 Å². The van der Waals surface area contributed by atoms with E-state index in [1.165, 1.54) is 17.5 Å². The molecule has 2 heterocycles. The molecule has 0 radical (unpaired) electrons. The van der Waals surface area contributed by atoms with Crippen molar-refractivity contribution in [3.8, 4) is 0 Å². The van der Waals surface area contributed by atoms with Gasteiger partial charge in [0.25, 0.3) is 0 Å². The van der Waals surface area contributed by atoms with Crippen molar-refractivity contribution >= 4 is 29.5 Å². The van der Waals surface area contributed by atoms with Gasteiger partial charge in [-0.05, 0) is 12.2 Å². The zero-order valence-electron chi connectivity index (χ0n) is 8.92. The third-order valence-electron chi connectivity index (χ3n) is 2.49. The first-order valence-corrected chi connectivity index (χ1v) is 7.14. The SMILES string of the molecule is Cn1c(SCC(=O)O)nnc1C1CCSC1. The van der Waals surface area contributed by atoms with Gasteiger partial charge in [0.2, 0.25) is 0 Å². The quantitative estimate of drug-likeness (QED) is 0.820. The third-order valence-corrected chi connectivity index (χ3v) is 4.66. The molecule has 5 nitrogen and oxygen atoms in total. The summed E-state index contributed by atoms with van der Waals surface area (Å²) in [7, 11) is 1.91. The summed E-state index contributed by atoms with van der Waals surface area (Å²) in [5.74, 6) is 2.93. The highest BCUT2D eigenvalue weighted by atomic mass is 32.2. The molecule has 1 aromatic heterocycles. The molecule has 0 aromatic carbocycles. The Hall–Kier alpha value is -0.690. The van der Waals surface area contributed by atoms with Crippen LogP contribution in [0.2, 0.25) is 0 Å². The predicted molar refractivity (Wildman–Crippen MR) is 64.0 cm³/mol. The van der Waals surface area contributed by atoms with E-state index in [0.29, 0.717) is 11.1 Å². The first-order valence-electron chi connectivity index (χ1n) is 5.00. The molecule has 1 aromatic rings. The largest absolute Gasteiger partial charge is 0.481 e. The normalized spacial score (nSPS) is 20.2. The van der Waals surface area contributed by atoms with Crippen LogP contribution in [-0.2, 0) is 11.8 Å². The van der Waals surface area contributed by atoms with E-state index in [1.807, 2.05) is 23.4 Å². The topological polar surface area (TPSA) is 68.0 Å². The lowest BCUT2D eigenvalue weighted by Crippen LogP contribution is -2.06. The number of hydrogen-bond acceptors (Lipinski definition) is 5. The van der Waals surface area contributed by atoms with Crippen molar-refractivity contribution in [1.82, 2.24) is 14.8 Å². The lowest BCUT2D eigenvalue weighted by molar-refractivity contribution is -0.133. The zero-order valence-corrected chi connectivity index (χ0v) is 10.6. The molecule has 0 aliphatic carbocycles. The highest BCUT2D eigenvalue weighted by molar-refractivity contribution is 7.99. The van der Waals surface area contributed by atoms with E-state index >= 15 is 0 Å². The van der Waals surface area contributed by atoms with Gasteiger partial charge in [0.05, 0.1) is 5.75 Å².